The average Bonchev–Trinajstić information content (AvgIpc) is 0.807. The lowest BCUT2D eigenvalue weighted by Gasteiger charge is -2.42. The van der Waals surface area contributed by atoms with E-state index >= 15 is 33.6 Å². The Kier molecular flexibility index (Phi) is 37.1. The minimum atomic E-state index is -1.62. The number of amides is 8. The summed E-state index contributed by atoms with van der Waals surface area (Å²) >= 11 is 0. The highest BCUT2D eigenvalue weighted by Crippen LogP contribution is 2.30. The molecule has 0 aromatic rings. The molecule has 0 spiro atoms. The molecular formula is C72H127N9O14. The van der Waals surface area contributed by atoms with Crippen molar-refractivity contribution >= 4 is 70.6 Å². The molecule has 0 bridgehead atoms. The number of rotatable bonds is 21. The summed E-state index contributed by atoms with van der Waals surface area (Å²) in [4.78, 5) is 190. The number of carbonyl (C=O) groups excluding carboxylic acids is 12. The van der Waals surface area contributed by atoms with E-state index in [1.807, 2.05) is 73.5 Å². The lowest BCUT2D eigenvalue weighted by atomic mass is 9.83. The van der Waals surface area contributed by atoms with E-state index in [2.05, 4.69) is 5.32 Å². The number of nitrogens with zero attached hydrogens (tertiary/aromatic N) is 8. The average molecular weight is 1340 g/mol. The topological polar surface area (TPSA) is 261 Å². The lowest BCUT2D eigenvalue weighted by Crippen LogP contribution is -2.64. The molecule has 95 heavy (non-hydrogen) atoms. The van der Waals surface area contributed by atoms with Gasteiger partial charge >= 0.3 is 5.97 Å². The minimum Gasteiger partial charge on any atom is -0.459 e. The van der Waals surface area contributed by atoms with Gasteiger partial charge in [0.1, 0.15) is 48.1 Å². The molecule has 0 unspecified atom stereocenters. The van der Waals surface area contributed by atoms with Crippen molar-refractivity contribution in [2.24, 2.45) is 59.2 Å². The fourth-order valence-corrected chi connectivity index (χ4v) is 13.1. The molecule has 0 aromatic heterocycles. The number of allylic oxidation sites excluding steroid dienone is 2. The van der Waals surface area contributed by atoms with Crippen LogP contribution in [0.25, 0.3) is 0 Å². The van der Waals surface area contributed by atoms with Crippen LogP contribution in [0, 0.1) is 59.2 Å². The molecule has 544 valence electrons. The van der Waals surface area contributed by atoms with Crippen molar-refractivity contribution in [2.45, 2.75) is 236 Å². The highest BCUT2D eigenvalue weighted by molar-refractivity contribution is 6.00. The normalized spacial score (nSPS) is 26.6. The summed E-state index contributed by atoms with van der Waals surface area (Å²) in [7, 11) is 15.5. The smallest absolute Gasteiger partial charge is 0.303 e. The number of esters is 1. The first-order valence-corrected chi connectivity index (χ1v) is 34.7. The maximum Gasteiger partial charge on any atom is 0.303 e. The first-order valence-electron chi connectivity index (χ1n) is 34.7. The summed E-state index contributed by atoms with van der Waals surface area (Å²) < 4.78 is 11.6. The van der Waals surface area contributed by atoms with Gasteiger partial charge in [-0.05, 0) is 108 Å². The number of hydrogen-bond acceptors (Lipinski definition) is 15. The van der Waals surface area contributed by atoms with Gasteiger partial charge in [-0.3, -0.25) is 57.5 Å². The Morgan fingerprint density at radius 2 is 1.00 bits per heavy atom. The summed E-state index contributed by atoms with van der Waals surface area (Å²) in [6.07, 6.45) is 2.84. The van der Waals surface area contributed by atoms with Crippen LogP contribution in [0.15, 0.2) is 12.2 Å². The first kappa shape index (κ1) is 86.9. The molecule has 1 fully saturated rings. The zero-order valence-electron chi connectivity index (χ0n) is 63.4. The predicted molar refractivity (Wildman–Crippen MR) is 370 cm³/mol. The molecule has 14 atom stereocenters. The zero-order chi connectivity index (χ0) is 73.5. The van der Waals surface area contributed by atoms with Crippen LogP contribution < -0.4 is 5.32 Å². The minimum absolute atomic E-state index is 0.0116. The molecule has 1 saturated heterocycles. The van der Waals surface area contributed by atoms with Crippen LogP contribution in [-0.4, -0.2) is 248 Å². The van der Waals surface area contributed by atoms with E-state index in [0.717, 1.165) is 4.90 Å². The van der Waals surface area contributed by atoms with Crippen molar-refractivity contribution in [3.8, 4) is 0 Å². The molecule has 1 N–H and O–H groups in total. The van der Waals surface area contributed by atoms with Gasteiger partial charge < -0.3 is 54.0 Å². The second-order valence-corrected chi connectivity index (χ2v) is 29.5. The van der Waals surface area contributed by atoms with Gasteiger partial charge in [-0.2, -0.15) is 0 Å². The quantitative estimate of drug-likeness (QED) is 0.0891. The number of ketones is 3. The Morgan fingerprint density at radius 1 is 0.547 bits per heavy atom. The van der Waals surface area contributed by atoms with Crippen molar-refractivity contribution in [3.05, 3.63) is 12.2 Å². The van der Waals surface area contributed by atoms with E-state index in [1.54, 1.807) is 68.4 Å². The van der Waals surface area contributed by atoms with Gasteiger partial charge in [0, 0.05) is 106 Å². The molecular weight excluding hydrogens is 1210 g/mol. The maximum atomic E-state index is 15.6. The van der Waals surface area contributed by atoms with Gasteiger partial charge in [-0.15, -0.1) is 0 Å². The predicted octanol–water partition coefficient (Wildman–Crippen LogP) is 7.06. The molecule has 1 heterocycles. The van der Waals surface area contributed by atoms with Crippen molar-refractivity contribution in [2.75, 3.05) is 83.7 Å². The fraction of sp³-hybridized carbons (Fsp3) is 0.806. The molecule has 0 aliphatic carbocycles. The van der Waals surface area contributed by atoms with E-state index in [0.29, 0.717) is 19.4 Å². The zero-order valence-corrected chi connectivity index (χ0v) is 63.4. The number of carbonyl (C=O) groups is 12. The van der Waals surface area contributed by atoms with Crippen molar-refractivity contribution in [3.63, 3.8) is 0 Å². The van der Waals surface area contributed by atoms with Crippen LogP contribution in [0.3, 0.4) is 0 Å². The second kappa shape index (κ2) is 40.6. The molecule has 1 aliphatic heterocycles. The molecule has 23 nitrogen and oxygen atoms in total. The van der Waals surface area contributed by atoms with E-state index in [1.165, 1.54) is 92.8 Å². The van der Waals surface area contributed by atoms with Gasteiger partial charge in [0.05, 0.1) is 18.7 Å². The Morgan fingerprint density at radius 3 is 1.46 bits per heavy atom. The van der Waals surface area contributed by atoms with Gasteiger partial charge in [-0.25, -0.2) is 0 Å². The van der Waals surface area contributed by atoms with Gasteiger partial charge in [0.25, 0.3) is 0 Å². The Bertz CT molecular complexity index is 2610. The maximum absolute atomic E-state index is 15.6. The summed E-state index contributed by atoms with van der Waals surface area (Å²) in [6, 6.07) is -9.91. The van der Waals surface area contributed by atoms with Gasteiger partial charge in [0.15, 0.2) is 11.6 Å². The number of Topliss-reactive ketones (excluding diaryl/α,β-unsaturated/α-hetero) is 3. The molecule has 1 aliphatic rings. The molecule has 1 rings (SSSR count). The molecule has 0 saturated carbocycles. The summed E-state index contributed by atoms with van der Waals surface area (Å²) in [6.45, 7) is 30.4. The standard InChI is InChI=1S/C72H127N9O14/c1-28-30-32-47(13)64(95-51(17)82)63-65(86)73-53(29-2)68(89)75(20)54(33-31-34-74(18)19)69(90)80(25)62(50(16)41-94-27)60(85)40-52(45(9)10)67(88)76(21)55(35-42(3)4)59(84)38-48(14)58(83)39-49(15)66(87)77(22)56(36-43(5)6)70(91)78(23)57(37-44(7)8)71(92)79(24)61(46(11)12)72(93)81(63)26/h28,30,42-50,52-57,61-64H,29,31-41H2,1-27H3,(H,73,86)/b30-28+/t47-,48-,49+,50-,52+,53+,54-,55+,56+,57+,61+,62+,63+,64-/m1/s1. The van der Waals surface area contributed by atoms with Crippen molar-refractivity contribution in [1.29, 1.82) is 0 Å². The number of nitrogens with one attached hydrogen (secondary N) is 1. The molecule has 0 radical (unpaired) electrons. The summed E-state index contributed by atoms with van der Waals surface area (Å²) in [5.41, 5.74) is 0. The Hall–Kier alpha value is -6.10. The number of methoxy groups -OCH3 is 1. The monoisotopic (exact) mass is 1340 g/mol. The van der Waals surface area contributed by atoms with Crippen LogP contribution in [0.2, 0.25) is 0 Å². The highest BCUT2D eigenvalue weighted by Gasteiger charge is 2.48. The molecule has 0 aromatic carbocycles. The first-order chi connectivity index (χ1) is 44.0. The number of hydrogen-bond donors (Lipinski definition) is 1. The second-order valence-electron chi connectivity index (χ2n) is 29.5. The third-order valence-corrected chi connectivity index (χ3v) is 18.9. The van der Waals surface area contributed by atoms with Crippen LogP contribution in [-0.2, 0) is 67.0 Å². The van der Waals surface area contributed by atoms with E-state index < -0.39 is 155 Å². The third-order valence-electron chi connectivity index (χ3n) is 18.9. The SMILES string of the molecule is C/C=C/C[C@@H](C)[C@@H](OC(C)=O)[C@H]1C(=O)N[C@@H](CC)C(=O)N(C)[C@H](CCCN(C)C)C(=O)N(C)[C@@H]([C@H](C)COC)C(=O)C[C@@H](C(C)C)C(=O)N(C)[C@@H](CC(C)C)C(=O)C[C@@H](C)C(=O)C[C@H](C)C(=O)N(C)[C@@H](CC(C)C)C(=O)N(C)[C@@H](CC(C)C)C(=O)N(C)[C@@H](C(C)C)C(=O)N1C. The molecule has 8 amide bonds. The van der Waals surface area contributed by atoms with Gasteiger partial charge in [0.2, 0.25) is 47.3 Å². The Balaban J connectivity index is 4.67. The van der Waals surface area contributed by atoms with Crippen LogP contribution in [0.5, 0.6) is 0 Å². The largest absolute Gasteiger partial charge is 0.459 e. The van der Waals surface area contributed by atoms with Crippen LogP contribution in [0.1, 0.15) is 182 Å². The number of ether oxygens (including phenoxy) is 2. The third kappa shape index (κ3) is 25.1. The van der Waals surface area contributed by atoms with E-state index in [9.17, 15) is 24.0 Å². The Labute approximate surface area is 571 Å². The summed E-state index contributed by atoms with van der Waals surface area (Å²) in [5, 5.41) is 2.88. The molecule has 23 heteroatoms. The van der Waals surface area contributed by atoms with Gasteiger partial charge in [-0.1, -0.05) is 116 Å². The number of likely N-dealkylation sites (N-methyl/N-ethyl adjacent to an activating group) is 7. The van der Waals surface area contributed by atoms with Crippen LogP contribution >= 0.6 is 0 Å². The van der Waals surface area contributed by atoms with E-state index in [4.69, 9.17) is 9.47 Å². The van der Waals surface area contributed by atoms with E-state index in [-0.39, 0.29) is 87.3 Å². The van der Waals surface area contributed by atoms with Crippen molar-refractivity contribution in [1.82, 2.24) is 44.5 Å². The summed E-state index contributed by atoms with van der Waals surface area (Å²) in [5.74, 6) is -12.5. The van der Waals surface area contributed by atoms with Crippen molar-refractivity contribution < 1.29 is 67.0 Å². The fourth-order valence-electron chi connectivity index (χ4n) is 13.1. The highest BCUT2D eigenvalue weighted by atomic mass is 16.5. The lowest BCUT2D eigenvalue weighted by molar-refractivity contribution is -0.164. The van der Waals surface area contributed by atoms with Crippen LogP contribution in [0.4, 0.5) is 0 Å².